The molecule has 116 valence electrons. The molecule has 7 heteroatoms. The van der Waals surface area contributed by atoms with Crippen molar-refractivity contribution >= 4 is 5.95 Å². The van der Waals surface area contributed by atoms with Gasteiger partial charge in [0.05, 0.1) is 7.11 Å². The van der Waals surface area contributed by atoms with Gasteiger partial charge in [0, 0.05) is 55.9 Å². The summed E-state index contributed by atoms with van der Waals surface area (Å²) < 4.78 is 5.12. The molecule has 0 amide bonds. The minimum atomic E-state index is 0.398. The molecule has 1 aliphatic rings. The maximum absolute atomic E-state index is 5.12. The van der Waals surface area contributed by atoms with E-state index < -0.39 is 0 Å². The van der Waals surface area contributed by atoms with E-state index in [9.17, 15) is 0 Å². The van der Waals surface area contributed by atoms with Gasteiger partial charge in [-0.25, -0.2) is 15.0 Å². The average Bonchev–Trinajstić information content (AvgIpc) is 2.58. The van der Waals surface area contributed by atoms with Crippen LogP contribution < -0.4 is 10.1 Å². The summed E-state index contributed by atoms with van der Waals surface area (Å²) in [4.78, 5) is 19.1. The van der Waals surface area contributed by atoms with Gasteiger partial charge in [-0.05, 0) is 12.8 Å². The molecule has 0 bridgehead atoms. The fraction of sp³-hybridized carbons (Fsp3) is 0.467. The first-order chi connectivity index (χ1) is 10.8. The molecule has 0 unspecified atom stereocenters. The van der Waals surface area contributed by atoms with E-state index >= 15 is 0 Å². The van der Waals surface area contributed by atoms with E-state index in [-0.39, 0.29) is 0 Å². The summed E-state index contributed by atoms with van der Waals surface area (Å²) in [5.74, 6) is 1.22. The minimum Gasteiger partial charge on any atom is -0.481 e. The minimum absolute atomic E-state index is 0.398. The molecule has 1 fully saturated rings. The van der Waals surface area contributed by atoms with Crippen molar-refractivity contribution in [3.8, 4) is 5.88 Å². The Morgan fingerprint density at radius 2 is 2.05 bits per heavy atom. The molecule has 0 saturated carbocycles. The van der Waals surface area contributed by atoms with Crippen LogP contribution in [0.1, 0.15) is 18.4 Å². The maximum Gasteiger partial charge on any atom is 0.226 e. The summed E-state index contributed by atoms with van der Waals surface area (Å²) in [5.41, 5.74) is 1.16. The van der Waals surface area contributed by atoms with Crippen LogP contribution >= 0.6 is 0 Å². The number of piperidine rings is 1. The van der Waals surface area contributed by atoms with Crippen LogP contribution in [0.5, 0.6) is 5.88 Å². The van der Waals surface area contributed by atoms with E-state index in [1.165, 1.54) is 0 Å². The molecule has 22 heavy (non-hydrogen) atoms. The lowest BCUT2D eigenvalue weighted by Gasteiger charge is -2.32. The van der Waals surface area contributed by atoms with Gasteiger partial charge in [-0.15, -0.1) is 0 Å². The third-order valence-electron chi connectivity index (χ3n) is 3.78. The summed E-state index contributed by atoms with van der Waals surface area (Å²) in [6, 6.07) is 2.14. The number of nitrogens with one attached hydrogen (secondary N) is 1. The van der Waals surface area contributed by atoms with Gasteiger partial charge in [-0.3, -0.25) is 4.90 Å². The number of hydrogen-bond acceptors (Lipinski definition) is 7. The zero-order valence-electron chi connectivity index (χ0n) is 12.6. The number of methoxy groups -OCH3 is 1. The van der Waals surface area contributed by atoms with Gasteiger partial charge in [0.2, 0.25) is 11.8 Å². The topological polar surface area (TPSA) is 76.1 Å². The largest absolute Gasteiger partial charge is 0.481 e. The molecule has 1 saturated heterocycles. The second kappa shape index (κ2) is 7.13. The Balaban J connectivity index is 1.49. The lowest BCUT2D eigenvalue weighted by atomic mass is 10.0. The van der Waals surface area contributed by atoms with Crippen molar-refractivity contribution in [3.05, 3.63) is 36.5 Å². The molecule has 1 N–H and O–H groups in total. The van der Waals surface area contributed by atoms with Crippen LogP contribution in [-0.4, -0.2) is 51.1 Å². The van der Waals surface area contributed by atoms with Crippen molar-refractivity contribution in [2.45, 2.75) is 25.4 Å². The molecule has 1 aliphatic heterocycles. The molecule has 7 nitrogen and oxygen atoms in total. The summed E-state index contributed by atoms with van der Waals surface area (Å²) in [7, 11) is 1.61. The van der Waals surface area contributed by atoms with Crippen LogP contribution in [0.2, 0.25) is 0 Å². The molecule has 0 radical (unpaired) electrons. The molecule has 2 aromatic heterocycles. The third-order valence-corrected chi connectivity index (χ3v) is 3.78. The Morgan fingerprint density at radius 1 is 1.27 bits per heavy atom. The number of ether oxygens (including phenoxy) is 1. The van der Waals surface area contributed by atoms with E-state index in [0.29, 0.717) is 17.9 Å². The van der Waals surface area contributed by atoms with Crippen molar-refractivity contribution in [3.63, 3.8) is 0 Å². The number of aromatic nitrogens is 4. The van der Waals surface area contributed by atoms with E-state index in [2.05, 4.69) is 30.2 Å². The highest BCUT2D eigenvalue weighted by Gasteiger charge is 2.20. The van der Waals surface area contributed by atoms with Gasteiger partial charge >= 0.3 is 0 Å². The van der Waals surface area contributed by atoms with E-state index in [0.717, 1.165) is 38.0 Å². The number of anilines is 1. The normalized spacial score (nSPS) is 16.4. The molecule has 2 aromatic rings. The Bertz CT molecular complexity index is 586. The average molecular weight is 300 g/mol. The van der Waals surface area contributed by atoms with Crippen molar-refractivity contribution in [2.24, 2.45) is 0 Å². The summed E-state index contributed by atoms with van der Waals surface area (Å²) in [6.45, 7) is 2.98. The lowest BCUT2D eigenvalue weighted by molar-refractivity contribution is 0.210. The number of hydrogen-bond donors (Lipinski definition) is 1. The summed E-state index contributed by atoms with van der Waals surface area (Å²) >= 11 is 0. The number of likely N-dealkylation sites (tertiary alicyclic amines) is 1. The predicted molar refractivity (Wildman–Crippen MR) is 82.5 cm³/mol. The lowest BCUT2D eigenvalue weighted by Crippen LogP contribution is -2.39. The van der Waals surface area contributed by atoms with Gasteiger partial charge in [0.15, 0.2) is 0 Å². The first-order valence-electron chi connectivity index (χ1n) is 7.43. The molecular formula is C15H20N6O. The molecule has 3 heterocycles. The maximum atomic E-state index is 5.12. The van der Waals surface area contributed by atoms with Gasteiger partial charge < -0.3 is 10.1 Å². The quantitative estimate of drug-likeness (QED) is 0.893. The Hall–Kier alpha value is -2.28. The Kier molecular flexibility index (Phi) is 4.75. The van der Waals surface area contributed by atoms with Crippen LogP contribution in [0.25, 0.3) is 0 Å². The van der Waals surface area contributed by atoms with Crippen molar-refractivity contribution < 1.29 is 4.74 Å². The fourth-order valence-corrected chi connectivity index (χ4v) is 2.61. The first kappa shape index (κ1) is 14.6. The number of rotatable bonds is 5. The zero-order chi connectivity index (χ0) is 15.2. The van der Waals surface area contributed by atoms with Crippen LogP contribution in [0.3, 0.4) is 0 Å². The van der Waals surface area contributed by atoms with E-state index in [4.69, 9.17) is 4.74 Å². The van der Waals surface area contributed by atoms with Crippen LogP contribution in [0.4, 0.5) is 5.95 Å². The Labute approximate surface area is 129 Å². The van der Waals surface area contributed by atoms with E-state index in [1.807, 2.05) is 12.4 Å². The number of nitrogens with zero attached hydrogens (tertiary/aromatic N) is 5. The van der Waals surface area contributed by atoms with Crippen molar-refractivity contribution in [1.82, 2.24) is 24.8 Å². The van der Waals surface area contributed by atoms with Crippen LogP contribution in [0.15, 0.2) is 31.0 Å². The van der Waals surface area contributed by atoms with Gasteiger partial charge in [-0.2, -0.15) is 4.98 Å². The SMILES string of the molecule is COc1ccnc(NC2CCN(Cc3cncnc3)CC2)n1. The van der Waals surface area contributed by atoms with Gasteiger partial charge in [0.1, 0.15) is 6.33 Å². The summed E-state index contributed by atoms with van der Waals surface area (Å²) in [6.07, 6.45) is 9.15. The standard InChI is InChI=1S/C15H20N6O/c1-22-14-2-5-18-15(20-14)19-13-3-6-21(7-4-13)10-12-8-16-11-17-9-12/h2,5,8-9,11,13H,3-4,6-7,10H2,1H3,(H,18,19,20). The summed E-state index contributed by atoms with van der Waals surface area (Å²) in [5, 5.41) is 3.39. The third kappa shape index (κ3) is 3.88. The first-order valence-corrected chi connectivity index (χ1v) is 7.43. The predicted octanol–water partition coefficient (Wildman–Crippen LogP) is 1.35. The molecule has 0 aliphatic carbocycles. The van der Waals surface area contributed by atoms with E-state index in [1.54, 1.807) is 25.7 Å². The Morgan fingerprint density at radius 3 is 2.77 bits per heavy atom. The molecule has 3 rings (SSSR count). The zero-order valence-corrected chi connectivity index (χ0v) is 12.6. The fourth-order valence-electron chi connectivity index (χ4n) is 2.61. The second-order valence-corrected chi connectivity index (χ2v) is 5.36. The van der Waals surface area contributed by atoms with Gasteiger partial charge in [0.25, 0.3) is 0 Å². The second-order valence-electron chi connectivity index (χ2n) is 5.36. The molecule has 0 atom stereocenters. The molecule has 0 aromatic carbocycles. The van der Waals surface area contributed by atoms with Gasteiger partial charge in [-0.1, -0.05) is 0 Å². The van der Waals surface area contributed by atoms with Crippen LogP contribution in [-0.2, 0) is 6.54 Å². The van der Waals surface area contributed by atoms with Crippen molar-refractivity contribution in [1.29, 1.82) is 0 Å². The van der Waals surface area contributed by atoms with Crippen molar-refractivity contribution in [2.75, 3.05) is 25.5 Å². The highest BCUT2D eigenvalue weighted by atomic mass is 16.5. The monoisotopic (exact) mass is 300 g/mol. The highest BCUT2D eigenvalue weighted by Crippen LogP contribution is 2.17. The van der Waals surface area contributed by atoms with Crippen LogP contribution in [0, 0.1) is 0 Å². The smallest absolute Gasteiger partial charge is 0.226 e. The highest BCUT2D eigenvalue weighted by molar-refractivity contribution is 5.29. The molecule has 0 spiro atoms. The molecular weight excluding hydrogens is 280 g/mol.